The number of hydrogen-bond donors (Lipinski definition) is 3. The lowest BCUT2D eigenvalue weighted by atomic mass is 10.1. The lowest BCUT2D eigenvalue weighted by molar-refractivity contribution is -0.137. The van der Waals surface area contributed by atoms with Gasteiger partial charge in [0.05, 0.1) is 0 Å². The first-order valence-electron chi connectivity index (χ1n) is 5.55. The molecule has 3 N–H and O–H groups in total. The van der Waals surface area contributed by atoms with E-state index in [1.165, 1.54) is 0 Å². The van der Waals surface area contributed by atoms with Crippen molar-refractivity contribution in [2.45, 2.75) is 13.3 Å². The number of carboxylic acid groups (broad SMARTS) is 1. The fourth-order valence-electron chi connectivity index (χ4n) is 1.61. The van der Waals surface area contributed by atoms with Gasteiger partial charge in [0, 0.05) is 39.1 Å². The molecule has 0 bridgehead atoms. The van der Waals surface area contributed by atoms with Gasteiger partial charge in [0.15, 0.2) is 0 Å². The number of piperazine rings is 1. The summed E-state index contributed by atoms with van der Waals surface area (Å²) in [6.45, 7) is 5.27. The molecule has 1 saturated heterocycles. The lowest BCUT2D eigenvalue weighted by Crippen LogP contribution is -2.50. The van der Waals surface area contributed by atoms with Gasteiger partial charge < -0.3 is 20.6 Å². The molecule has 0 spiro atoms. The molecule has 0 saturated carbocycles. The predicted octanol–water partition coefficient (Wildman–Crippen LogP) is -0.288. The maximum absolute atomic E-state index is 11.6. The number of carbonyl (C=O) groups excluding carboxylic acids is 1. The molecule has 1 atom stereocenters. The van der Waals surface area contributed by atoms with Crippen LogP contribution in [0.3, 0.4) is 0 Å². The Hall–Kier alpha value is -1.30. The quantitative estimate of drug-likeness (QED) is 0.619. The lowest BCUT2D eigenvalue weighted by Gasteiger charge is -2.28. The van der Waals surface area contributed by atoms with E-state index >= 15 is 0 Å². The maximum atomic E-state index is 11.6. The van der Waals surface area contributed by atoms with E-state index < -0.39 is 5.97 Å². The van der Waals surface area contributed by atoms with Crippen LogP contribution >= 0.6 is 0 Å². The average Bonchev–Trinajstić information content (AvgIpc) is 2.26. The molecule has 6 nitrogen and oxygen atoms in total. The van der Waals surface area contributed by atoms with Crippen molar-refractivity contribution >= 4 is 12.0 Å². The third-order valence-electron chi connectivity index (χ3n) is 2.53. The molecule has 0 aliphatic carbocycles. The smallest absolute Gasteiger partial charge is 0.317 e. The summed E-state index contributed by atoms with van der Waals surface area (Å²) in [7, 11) is 0. The van der Waals surface area contributed by atoms with Crippen molar-refractivity contribution in [1.82, 2.24) is 15.5 Å². The average molecular weight is 229 g/mol. The molecule has 6 heteroatoms. The molecule has 1 aliphatic heterocycles. The fourth-order valence-corrected chi connectivity index (χ4v) is 1.61. The molecule has 0 aromatic heterocycles. The molecule has 92 valence electrons. The number of hydrogen-bond acceptors (Lipinski definition) is 3. The molecule has 1 heterocycles. The van der Waals surface area contributed by atoms with E-state index in [1.807, 2.05) is 6.92 Å². The Morgan fingerprint density at radius 3 is 2.62 bits per heavy atom. The minimum Gasteiger partial charge on any atom is -0.481 e. The third-order valence-corrected chi connectivity index (χ3v) is 2.53. The van der Waals surface area contributed by atoms with Gasteiger partial charge in [-0.05, 0) is 5.92 Å². The molecular weight excluding hydrogens is 210 g/mol. The summed E-state index contributed by atoms with van der Waals surface area (Å²) >= 11 is 0. The number of aliphatic carboxylic acids is 1. The number of nitrogens with one attached hydrogen (secondary N) is 2. The van der Waals surface area contributed by atoms with Crippen LogP contribution in [0.2, 0.25) is 0 Å². The first-order valence-corrected chi connectivity index (χ1v) is 5.55. The molecule has 0 radical (unpaired) electrons. The summed E-state index contributed by atoms with van der Waals surface area (Å²) < 4.78 is 0. The summed E-state index contributed by atoms with van der Waals surface area (Å²) in [5, 5.41) is 14.5. The van der Waals surface area contributed by atoms with Crippen LogP contribution in [0, 0.1) is 5.92 Å². The number of nitrogens with zero attached hydrogens (tertiary/aromatic N) is 1. The number of urea groups is 1. The van der Waals surface area contributed by atoms with E-state index in [2.05, 4.69) is 10.6 Å². The van der Waals surface area contributed by atoms with Gasteiger partial charge in [0.25, 0.3) is 0 Å². The van der Waals surface area contributed by atoms with E-state index in [4.69, 9.17) is 5.11 Å². The fraction of sp³-hybridized carbons (Fsp3) is 0.800. The Balaban J connectivity index is 2.20. The van der Waals surface area contributed by atoms with Gasteiger partial charge in [-0.3, -0.25) is 4.79 Å². The first-order chi connectivity index (χ1) is 7.59. The summed E-state index contributed by atoms with van der Waals surface area (Å²) in [6.07, 6.45) is 0.0852. The normalized spacial score (nSPS) is 17.9. The summed E-state index contributed by atoms with van der Waals surface area (Å²) in [5.41, 5.74) is 0. The monoisotopic (exact) mass is 229 g/mol. The predicted molar refractivity (Wildman–Crippen MR) is 59.3 cm³/mol. The van der Waals surface area contributed by atoms with Crippen LogP contribution < -0.4 is 10.6 Å². The van der Waals surface area contributed by atoms with Crippen molar-refractivity contribution in [2.75, 3.05) is 32.7 Å². The van der Waals surface area contributed by atoms with E-state index in [0.29, 0.717) is 19.6 Å². The van der Waals surface area contributed by atoms with E-state index in [9.17, 15) is 9.59 Å². The van der Waals surface area contributed by atoms with Crippen LogP contribution in [-0.2, 0) is 4.79 Å². The van der Waals surface area contributed by atoms with Crippen LogP contribution in [0.5, 0.6) is 0 Å². The highest BCUT2D eigenvalue weighted by atomic mass is 16.4. The summed E-state index contributed by atoms with van der Waals surface area (Å²) in [5.74, 6) is -0.867. The van der Waals surface area contributed by atoms with Gasteiger partial charge in [-0.25, -0.2) is 4.79 Å². The van der Waals surface area contributed by atoms with Gasteiger partial charge >= 0.3 is 12.0 Å². The van der Waals surface area contributed by atoms with Crippen molar-refractivity contribution in [1.29, 1.82) is 0 Å². The highest BCUT2D eigenvalue weighted by Gasteiger charge is 2.16. The SMILES string of the molecule is CC(CNC(=O)N1CCNCC1)CC(=O)O. The standard InChI is InChI=1S/C10H19N3O3/c1-8(6-9(14)15)7-12-10(16)13-4-2-11-3-5-13/h8,11H,2-7H2,1H3,(H,12,16)(H,14,15). The topological polar surface area (TPSA) is 81.7 Å². The largest absolute Gasteiger partial charge is 0.481 e. The second-order valence-electron chi connectivity index (χ2n) is 4.13. The van der Waals surface area contributed by atoms with Crippen molar-refractivity contribution in [2.24, 2.45) is 5.92 Å². The second kappa shape index (κ2) is 6.32. The third kappa shape index (κ3) is 4.48. The van der Waals surface area contributed by atoms with E-state index in [1.54, 1.807) is 4.90 Å². The zero-order valence-electron chi connectivity index (χ0n) is 9.53. The molecule has 1 unspecified atom stereocenters. The van der Waals surface area contributed by atoms with Gasteiger partial charge in [-0.1, -0.05) is 6.92 Å². The summed E-state index contributed by atoms with van der Waals surface area (Å²) in [6, 6.07) is -0.0984. The zero-order valence-corrected chi connectivity index (χ0v) is 9.53. The Morgan fingerprint density at radius 2 is 2.06 bits per heavy atom. The molecule has 0 aromatic rings. The minimum atomic E-state index is -0.830. The molecule has 1 fully saturated rings. The van der Waals surface area contributed by atoms with Crippen molar-refractivity contribution in [3.63, 3.8) is 0 Å². The van der Waals surface area contributed by atoms with E-state index in [-0.39, 0.29) is 18.4 Å². The highest BCUT2D eigenvalue weighted by Crippen LogP contribution is 2.00. The Bertz CT molecular complexity index is 252. The number of carboxylic acids is 1. The highest BCUT2D eigenvalue weighted by molar-refractivity contribution is 5.74. The Kier molecular flexibility index (Phi) is 5.04. The van der Waals surface area contributed by atoms with Crippen LogP contribution in [0.4, 0.5) is 4.79 Å². The van der Waals surface area contributed by atoms with Gasteiger partial charge in [-0.15, -0.1) is 0 Å². The summed E-state index contributed by atoms with van der Waals surface area (Å²) in [4.78, 5) is 23.8. The first kappa shape index (κ1) is 12.8. The number of carbonyl (C=O) groups is 2. The molecule has 0 aromatic carbocycles. The zero-order chi connectivity index (χ0) is 12.0. The molecule has 1 aliphatic rings. The van der Waals surface area contributed by atoms with E-state index in [0.717, 1.165) is 13.1 Å². The minimum absolute atomic E-state index is 0.0376. The maximum Gasteiger partial charge on any atom is 0.317 e. The molecule has 16 heavy (non-hydrogen) atoms. The van der Waals surface area contributed by atoms with Crippen LogP contribution in [-0.4, -0.2) is 54.7 Å². The van der Waals surface area contributed by atoms with Gasteiger partial charge in [-0.2, -0.15) is 0 Å². The second-order valence-corrected chi connectivity index (χ2v) is 4.13. The number of rotatable bonds is 4. The van der Waals surface area contributed by atoms with Gasteiger partial charge in [0.1, 0.15) is 0 Å². The van der Waals surface area contributed by atoms with Crippen molar-refractivity contribution in [3.05, 3.63) is 0 Å². The van der Waals surface area contributed by atoms with Crippen LogP contribution in [0.15, 0.2) is 0 Å². The molecular formula is C10H19N3O3. The van der Waals surface area contributed by atoms with Gasteiger partial charge in [0.2, 0.25) is 0 Å². The molecule has 2 amide bonds. The Labute approximate surface area is 95.0 Å². The van der Waals surface area contributed by atoms with Crippen LogP contribution in [0.1, 0.15) is 13.3 Å². The number of amides is 2. The van der Waals surface area contributed by atoms with Crippen LogP contribution in [0.25, 0.3) is 0 Å². The Morgan fingerprint density at radius 1 is 1.44 bits per heavy atom. The van der Waals surface area contributed by atoms with Crippen molar-refractivity contribution < 1.29 is 14.7 Å². The van der Waals surface area contributed by atoms with Crippen molar-refractivity contribution in [3.8, 4) is 0 Å². The molecule has 1 rings (SSSR count).